The van der Waals surface area contributed by atoms with E-state index >= 15 is 28.8 Å². The van der Waals surface area contributed by atoms with Gasteiger partial charge in [0.1, 0.15) is 47.8 Å². The summed E-state index contributed by atoms with van der Waals surface area (Å²) in [5.41, 5.74) is -2.39. The molecule has 1 aromatic rings. The number of amides is 12. The number of rotatable bonds is 12. The molecule has 566 valence electrons. The topological polar surface area (TPSA) is 270 Å². The molecule has 0 radical (unpaired) electrons. The molecule has 2 saturated heterocycles. The molecule has 8 atom stereocenters. The van der Waals surface area contributed by atoms with E-state index in [1.807, 2.05) is 20.8 Å². The fraction of sp³-hybridized carbons (Fsp3) is 0.753. The van der Waals surface area contributed by atoms with Crippen molar-refractivity contribution >= 4 is 82.5 Å². The Morgan fingerprint density at radius 1 is 0.604 bits per heavy atom. The van der Waals surface area contributed by atoms with Crippen molar-refractivity contribution in [2.75, 3.05) is 89.1 Å². The Morgan fingerprint density at radius 2 is 1.18 bits per heavy atom. The maximum Gasteiger partial charge on any atom is 0.417 e. The zero-order valence-electron chi connectivity index (χ0n) is 62.0. The Morgan fingerprint density at radius 3 is 1.75 bits per heavy atom. The molecule has 101 heavy (non-hydrogen) atoms. The summed E-state index contributed by atoms with van der Waals surface area (Å²) in [4.78, 5) is 191. The minimum absolute atomic E-state index is 0.00824. The van der Waals surface area contributed by atoms with Gasteiger partial charge in [-0.25, -0.2) is 0 Å². The van der Waals surface area contributed by atoms with E-state index in [2.05, 4.69) is 16.0 Å². The first-order chi connectivity index (χ1) is 47.6. The van der Waals surface area contributed by atoms with Gasteiger partial charge in [0.15, 0.2) is 0 Å². The van der Waals surface area contributed by atoms with Gasteiger partial charge in [-0.2, -0.15) is 13.2 Å². The number of benzene rings is 1. The molecule has 0 aromatic heterocycles. The first-order valence-electron chi connectivity index (χ1n) is 36.7. The number of aryl methyl sites for hydroxylation is 1. The van der Waals surface area contributed by atoms with Crippen molar-refractivity contribution in [1.82, 2.24) is 60.0 Å². The summed E-state index contributed by atoms with van der Waals surface area (Å²) >= 11 is 6.15. The molecular formula is C73H114ClF3N12O12. The van der Waals surface area contributed by atoms with E-state index in [4.69, 9.17) is 11.6 Å². The van der Waals surface area contributed by atoms with Crippen LogP contribution in [0.4, 0.5) is 13.2 Å². The van der Waals surface area contributed by atoms with Crippen molar-refractivity contribution in [3.63, 3.8) is 0 Å². The highest BCUT2D eigenvalue weighted by Gasteiger charge is 2.51. The van der Waals surface area contributed by atoms with Crippen LogP contribution >= 0.6 is 11.6 Å². The predicted octanol–water partition coefficient (Wildman–Crippen LogP) is 6.67. The number of likely N-dealkylation sites (tertiary alicyclic amines) is 1. The van der Waals surface area contributed by atoms with Gasteiger partial charge in [-0.15, -0.1) is 0 Å². The molecule has 0 unspecified atom stereocenters. The first kappa shape index (κ1) is 82.9. The van der Waals surface area contributed by atoms with Crippen molar-refractivity contribution < 1.29 is 70.7 Å². The monoisotopic (exact) mass is 1440 g/mol. The lowest BCUT2D eigenvalue weighted by atomic mass is 9.81. The van der Waals surface area contributed by atoms with E-state index in [-0.39, 0.29) is 62.3 Å². The number of carbonyl (C=O) groups is 12. The number of likely N-dealkylation sites (N-methyl/N-ethyl adjacent to an activating group) is 8. The molecule has 2 heterocycles. The van der Waals surface area contributed by atoms with Gasteiger partial charge in [-0.3, -0.25) is 57.5 Å². The van der Waals surface area contributed by atoms with E-state index in [1.165, 1.54) is 82.0 Å². The highest BCUT2D eigenvalue weighted by molar-refractivity contribution is 6.31. The molecule has 6 rings (SSSR count). The van der Waals surface area contributed by atoms with Crippen molar-refractivity contribution in [2.24, 2.45) is 23.7 Å². The first-order valence-corrected chi connectivity index (χ1v) is 37.1. The second-order valence-electron chi connectivity index (χ2n) is 29.9. The van der Waals surface area contributed by atoms with Crippen molar-refractivity contribution in [3.8, 4) is 0 Å². The summed E-state index contributed by atoms with van der Waals surface area (Å²) in [5, 5.41) is 8.11. The zero-order valence-corrected chi connectivity index (χ0v) is 62.8. The van der Waals surface area contributed by atoms with Crippen LogP contribution in [0.3, 0.4) is 0 Å². The smallest absolute Gasteiger partial charge is 0.343 e. The third-order valence-electron chi connectivity index (χ3n) is 22.0. The number of halogens is 4. The summed E-state index contributed by atoms with van der Waals surface area (Å²) < 4.78 is 41.6. The number of carbonyl (C=O) groups excluding carboxylic acids is 12. The fourth-order valence-electron chi connectivity index (χ4n) is 15.4. The standard InChI is InChI=1S/C73H114ClF3N12O12/c1-14-47(5)62-69(99)83(8)44-60(92)81(6)45-61(93)85(10)56(41-48-27-19-16-20-28-48)67(97)82(7)43-58(90)78-53(34-32-49-31-33-51(52(74)40-49)73(75,76)77)66(96)86(11)54(15-2)65(95)80-72(35-23-24-36-72)71(101)88(13)63(50-29-21-17-22-30-50)70(100)87(12)57(68(98)89-37-25-18-26-38-89)42-59(91)84(9)55(39-46(3)4)64(94)79-62/h31,33,40,46-48,50,53-57,62-63H,14-30,32,34-39,41-45H2,1-13H3,(H,78,90)(H,79,94)(H,80,95)/t47-,53-,54+,55-,56-,57-,62-,63-/m0/s1. The van der Waals surface area contributed by atoms with Crippen LogP contribution in [0.15, 0.2) is 18.2 Å². The van der Waals surface area contributed by atoms with Gasteiger partial charge >= 0.3 is 6.18 Å². The van der Waals surface area contributed by atoms with Crippen LogP contribution in [0.1, 0.15) is 193 Å². The maximum atomic E-state index is 15.8. The highest BCUT2D eigenvalue weighted by atomic mass is 35.5. The molecule has 5 fully saturated rings. The highest BCUT2D eigenvalue weighted by Crippen LogP contribution is 2.38. The molecular weight excluding hydrogens is 1330 g/mol. The van der Waals surface area contributed by atoms with Crippen LogP contribution in [0.25, 0.3) is 0 Å². The SMILES string of the molecule is CC[C@@H]1C(=O)NC2(CCCC2)C(=O)N(C)[C@@H](C2CCCCC2)C(=O)N(C)[C@H](C(=O)N2CCCCC2)CC(=O)N(C)[C@@H](CC(C)C)C(=O)N[C@@H]([C@@H](C)CC)C(=O)N(C)CC(=O)N(C)CC(=O)N(C)[C@@H](CC2CCCCC2)C(=O)N(C)CC(=O)N[C@@H](CCc2ccc(C(F)(F)F)c(Cl)c2)C(=O)N1C. The molecule has 3 saturated carbocycles. The summed E-state index contributed by atoms with van der Waals surface area (Å²) in [5.74, 6) is -8.93. The zero-order chi connectivity index (χ0) is 75.0. The van der Waals surface area contributed by atoms with Gasteiger partial charge in [-0.1, -0.05) is 123 Å². The third kappa shape index (κ3) is 21.5. The Hall–Kier alpha value is -7.06. The van der Waals surface area contributed by atoms with E-state index in [9.17, 15) is 41.9 Å². The summed E-state index contributed by atoms with van der Waals surface area (Å²) in [6.07, 6.45) is 6.42. The summed E-state index contributed by atoms with van der Waals surface area (Å²) in [6.45, 7) is 8.04. The second-order valence-corrected chi connectivity index (χ2v) is 30.3. The molecule has 28 heteroatoms. The van der Waals surface area contributed by atoms with Crippen LogP contribution in [0.5, 0.6) is 0 Å². The fourth-order valence-corrected chi connectivity index (χ4v) is 15.7. The normalized spacial score (nSPS) is 26.3. The van der Waals surface area contributed by atoms with E-state index < -0.39 is 173 Å². The number of hydrogen-bond donors (Lipinski definition) is 3. The molecule has 0 bridgehead atoms. The molecule has 1 aromatic carbocycles. The lowest BCUT2D eigenvalue weighted by molar-refractivity contribution is -0.157. The van der Waals surface area contributed by atoms with Gasteiger partial charge in [-0.05, 0) is 118 Å². The molecule has 3 aliphatic carbocycles. The Bertz CT molecular complexity index is 3100. The Balaban J connectivity index is 1.44. The maximum absolute atomic E-state index is 15.8. The lowest BCUT2D eigenvalue weighted by Crippen LogP contribution is -2.65. The minimum Gasteiger partial charge on any atom is -0.343 e. The van der Waals surface area contributed by atoms with Gasteiger partial charge in [0.25, 0.3) is 0 Å². The number of hydrogen-bond acceptors (Lipinski definition) is 12. The van der Waals surface area contributed by atoms with Gasteiger partial charge in [0.2, 0.25) is 70.9 Å². The minimum atomic E-state index is -4.76. The average Bonchev–Trinajstić information content (AvgIpc) is 1.76. The molecule has 1 spiro atoms. The molecule has 24 nitrogen and oxygen atoms in total. The number of nitrogens with one attached hydrogen (secondary N) is 3. The van der Waals surface area contributed by atoms with Gasteiger partial charge in [0, 0.05) is 69.5 Å². The predicted molar refractivity (Wildman–Crippen MR) is 376 cm³/mol. The van der Waals surface area contributed by atoms with Gasteiger partial charge < -0.3 is 60.0 Å². The van der Waals surface area contributed by atoms with E-state index in [1.54, 1.807) is 18.7 Å². The van der Waals surface area contributed by atoms with E-state index in [0.29, 0.717) is 58.0 Å². The second kappa shape index (κ2) is 37.4. The number of nitrogens with zero attached hydrogens (tertiary/aromatic N) is 9. The number of piperidine rings is 1. The third-order valence-corrected chi connectivity index (χ3v) is 22.3. The van der Waals surface area contributed by atoms with Crippen LogP contribution < -0.4 is 16.0 Å². The molecule has 3 N–H and O–H groups in total. The largest absolute Gasteiger partial charge is 0.417 e. The van der Waals surface area contributed by atoms with Crippen molar-refractivity contribution in [3.05, 3.63) is 34.3 Å². The average molecular weight is 1440 g/mol. The quantitative estimate of drug-likeness (QED) is 0.198. The van der Waals surface area contributed by atoms with E-state index in [0.717, 1.165) is 89.5 Å². The van der Waals surface area contributed by atoms with Crippen molar-refractivity contribution in [2.45, 2.75) is 243 Å². The van der Waals surface area contributed by atoms with Crippen LogP contribution in [0, 0.1) is 23.7 Å². The molecule has 2 aliphatic heterocycles. The number of alkyl halides is 3. The summed E-state index contributed by atoms with van der Waals surface area (Å²) in [6, 6.07) is -5.74. The van der Waals surface area contributed by atoms with Gasteiger partial charge in [0.05, 0.1) is 36.6 Å². The van der Waals surface area contributed by atoms with Crippen LogP contribution in [-0.2, 0) is 70.1 Å². The molecule has 5 aliphatic rings. The Kier molecular flexibility index (Phi) is 30.7. The summed E-state index contributed by atoms with van der Waals surface area (Å²) in [7, 11) is 11.3. The molecule has 12 amide bonds. The van der Waals surface area contributed by atoms with Crippen LogP contribution in [-0.4, -0.2) is 252 Å². The lowest BCUT2D eigenvalue weighted by Gasteiger charge is -2.43. The van der Waals surface area contributed by atoms with Crippen LogP contribution in [0.2, 0.25) is 5.02 Å². The van der Waals surface area contributed by atoms with Crippen molar-refractivity contribution in [1.29, 1.82) is 0 Å². The Labute approximate surface area is 600 Å².